The van der Waals surface area contributed by atoms with Crippen LogP contribution in [0.2, 0.25) is 0 Å². The summed E-state index contributed by atoms with van der Waals surface area (Å²) in [5, 5.41) is 10.9. The Morgan fingerprint density at radius 3 is 2.43 bits per heavy atom. The molecule has 12 heteroatoms. The number of para-hydroxylation sites is 1. The number of hydrogen-bond acceptors (Lipinski definition) is 7. The highest BCUT2D eigenvalue weighted by molar-refractivity contribution is 8.27. The van der Waals surface area contributed by atoms with Gasteiger partial charge in [-0.25, -0.2) is 0 Å². The van der Waals surface area contributed by atoms with Gasteiger partial charge in [0, 0.05) is 0 Å². The molecule has 37 heavy (non-hydrogen) atoms. The molecular formula is C25H23F3N4O4S. The summed E-state index contributed by atoms with van der Waals surface area (Å²) < 4.78 is 56.4. The quantitative estimate of drug-likeness (QED) is 0.364. The Bertz CT molecular complexity index is 1320. The summed E-state index contributed by atoms with van der Waals surface area (Å²) >= 11 is 0.203. The Hall–Kier alpha value is -3.80. The van der Waals surface area contributed by atoms with Gasteiger partial charge in [0.15, 0.2) is 17.3 Å². The number of aryl methyl sites for hydroxylation is 2. The number of nitrogens with one attached hydrogen (secondary N) is 1. The number of amides is 1. The molecule has 8 nitrogen and oxygen atoms in total. The van der Waals surface area contributed by atoms with Gasteiger partial charge in [-0.1, -0.05) is 24.3 Å². The van der Waals surface area contributed by atoms with Gasteiger partial charge in [0.2, 0.25) is 10.2 Å². The van der Waals surface area contributed by atoms with Crippen molar-refractivity contribution in [3.63, 3.8) is 0 Å². The summed E-state index contributed by atoms with van der Waals surface area (Å²) in [4.78, 5) is 16.2. The Labute approximate surface area is 215 Å². The van der Waals surface area contributed by atoms with Crippen molar-refractivity contribution in [1.29, 1.82) is 5.41 Å². The molecule has 0 bridgehead atoms. The second kappa shape index (κ2) is 10.7. The summed E-state index contributed by atoms with van der Waals surface area (Å²) in [6.45, 7) is 6.65. The molecule has 194 valence electrons. The Morgan fingerprint density at radius 2 is 1.76 bits per heavy atom. The number of hydrogen-bond donors (Lipinski definition) is 1. The van der Waals surface area contributed by atoms with Gasteiger partial charge < -0.3 is 14.2 Å². The van der Waals surface area contributed by atoms with Crippen LogP contribution in [0.25, 0.3) is 6.08 Å². The van der Waals surface area contributed by atoms with Gasteiger partial charge in [0.05, 0.1) is 12.2 Å². The molecular weight excluding hydrogens is 509 g/mol. The van der Waals surface area contributed by atoms with E-state index in [2.05, 4.69) is 10.1 Å². The maximum absolute atomic E-state index is 13.0. The van der Waals surface area contributed by atoms with Gasteiger partial charge in [-0.3, -0.25) is 10.2 Å². The highest BCUT2D eigenvalue weighted by Crippen LogP contribution is 2.36. The number of thioether (sulfide) groups is 1. The lowest BCUT2D eigenvalue weighted by atomic mass is 10.1. The number of halogens is 3. The lowest BCUT2D eigenvalue weighted by Crippen LogP contribution is -2.35. The standard InChI is InChI=1S/C25H23F3N4O4S/c1-4-34-19-13-16(8-9-18(19)35-10-11-36-20-14(2)6-5-7-15(20)3)12-17-21(29)32-24(30-22(17)33)37-23(31-32)25(26,27)28/h5-9,12-13,29H,4,10-11H2,1-3H3/b17-12-,29-21?. The monoisotopic (exact) mass is 532 g/mol. The van der Waals surface area contributed by atoms with E-state index < -0.39 is 23.0 Å². The van der Waals surface area contributed by atoms with E-state index in [4.69, 9.17) is 19.6 Å². The second-order valence-electron chi connectivity index (χ2n) is 7.98. The SMILES string of the molecule is CCOc1cc(/C=C2/C(=N)N3N=C(C(F)(F)F)SC3=NC2=O)ccc1OCCOc1c(C)cccc1C. The fraction of sp³-hybridized carbons (Fsp3) is 0.280. The first-order valence-electron chi connectivity index (χ1n) is 11.2. The molecule has 2 aliphatic rings. The average Bonchev–Trinajstić information content (AvgIpc) is 3.27. The van der Waals surface area contributed by atoms with Crippen molar-refractivity contribution in [1.82, 2.24) is 5.01 Å². The third-order valence-electron chi connectivity index (χ3n) is 5.27. The Morgan fingerprint density at radius 1 is 1.05 bits per heavy atom. The second-order valence-corrected chi connectivity index (χ2v) is 8.94. The maximum atomic E-state index is 13.0. The van der Waals surface area contributed by atoms with Crippen LogP contribution in [0.4, 0.5) is 13.2 Å². The highest BCUT2D eigenvalue weighted by Gasteiger charge is 2.46. The highest BCUT2D eigenvalue weighted by atomic mass is 32.2. The summed E-state index contributed by atoms with van der Waals surface area (Å²) in [5.41, 5.74) is 2.33. The smallest absolute Gasteiger partial charge is 0.441 e. The van der Waals surface area contributed by atoms with E-state index in [1.165, 1.54) is 6.08 Å². The molecule has 2 aliphatic heterocycles. The number of alkyl halides is 3. The maximum Gasteiger partial charge on any atom is 0.441 e. The van der Waals surface area contributed by atoms with E-state index in [0.717, 1.165) is 16.9 Å². The van der Waals surface area contributed by atoms with Crippen LogP contribution in [0.5, 0.6) is 17.2 Å². The number of carbonyl (C=O) groups excluding carboxylic acids is 1. The van der Waals surface area contributed by atoms with Gasteiger partial charge in [-0.05, 0) is 67.4 Å². The fourth-order valence-electron chi connectivity index (χ4n) is 3.60. The largest absolute Gasteiger partial charge is 0.490 e. The first-order valence-corrected chi connectivity index (χ1v) is 12.1. The normalized spacial score (nSPS) is 16.5. The van der Waals surface area contributed by atoms with Crippen molar-refractivity contribution in [3.8, 4) is 17.2 Å². The van der Waals surface area contributed by atoms with Crippen molar-refractivity contribution in [2.24, 2.45) is 10.1 Å². The van der Waals surface area contributed by atoms with Crippen LogP contribution >= 0.6 is 11.8 Å². The number of carbonyl (C=O) groups is 1. The van der Waals surface area contributed by atoms with Crippen molar-refractivity contribution < 1.29 is 32.2 Å². The minimum absolute atomic E-state index is 0.199. The summed E-state index contributed by atoms with van der Waals surface area (Å²) in [7, 11) is 0. The van der Waals surface area contributed by atoms with Crippen LogP contribution in [0.1, 0.15) is 23.6 Å². The molecule has 0 fully saturated rings. The van der Waals surface area contributed by atoms with Crippen molar-refractivity contribution in [2.75, 3.05) is 19.8 Å². The van der Waals surface area contributed by atoms with Crippen LogP contribution < -0.4 is 14.2 Å². The van der Waals surface area contributed by atoms with Gasteiger partial charge in [-0.2, -0.15) is 28.3 Å². The lowest BCUT2D eigenvalue weighted by Gasteiger charge is -2.20. The van der Waals surface area contributed by atoms with E-state index in [0.29, 0.717) is 35.3 Å². The molecule has 1 amide bonds. The number of nitrogens with zero attached hydrogens (tertiary/aromatic N) is 3. The first kappa shape index (κ1) is 26.3. The molecule has 0 atom stereocenters. The molecule has 0 saturated heterocycles. The molecule has 0 spiro atoms. The van der Waals surface area contributed by atoms with Crippen LogP contribution in [0.3, 0.4) is 0 Å². The van der Waals surface area contributed by atoms with Crippen LogP contribution in [-0.2, 0) is 4.79 Å². The predicted molar refractivity (Wildman–Crippen MR) is 136 cm³/mol. The van der Waals surface area contributed by atoms with E-state index in [1.54, 1.807) is 25.1 Å². The Balaban J connectivity index is 1.49. The number of benzene rings is 2. The Kier molecular flexibility index (Phi) is 7.58. The third kappa shape index (κ3) is 5.79. The summed E-state index contributed by atoms with van der Waals surface area (Å²) in [5.74, 6) is 0.339. The predicted octanol–water partition coefficient (Wildman–Crippen LogP) is 5.34. The van der Waals surface area contributed by atoms with E-state index in [1.807, 2.05) is 32.0 Å². The van der Waals surface area contributed by atoms with Crippen LogP contribution in [0.15, 0.2) is 52.1 Å². The third-order valence-corrected chi connectivity index (χ3v) is 6.22. The van der Waals surface area contributed by atoms with E-state index in [9.17, 15) is 18.0 Å². The number of fused-ring (bicyclic) bond motifs is 1. The fourth-order valence-corrected chi connectivity index (χ4v) is 4.36. The number of amidine groups is 2. The molecule has 0 saturated carbocycles. The number of rotatable bonds is 8. The van der Waals surface area contributed by atoms with Crippen molar-refractivity contribution >= 4 is 39.8 Å². The minimum atomic E-state index is -4.70. The number of aliphatic imine (C=N–C) groups is 1. The molecule has 0 aromatic heterocycles. The van der Waals surface area contributed by atoms with E-state index >= 15 is 0 Å². The van der Waals surface area contributed by atoms with Gasteiger partial charge in [-0.15, -0.1) is 0 Å². The number of ether oxygens (including phenoxy) is 3. The zero-order valence-electron chi connectivity index (χ0n) is 20.2. The summed E-state index contributed by atoms with van der Waals surface area (Å²) in [6, 6.07) is 10.8. The van der Waals surface area contributed by atoms with E-state index in [-0.39, 0.29) is 29.1 Å². The molecule has 2 aromatic carbocycles. The molecule has 0 radical (unpaired) electrons. The van der Waals surface area contributed by atoms with Crippen LogP contribution in [-0.4, -0.2) is 53.0 Å². The lowest BCUT2D eigenvalue weighted by molar-refractivity contribution is -0.114. The zero-order chi connectivity index (χ0) is 26.7. The van der Waals surface area contributed by atoms with Crippen LogP contribution in [0, 0.1) is 19.3 Å². The molecule has 1 N–H and O–H groups in total. The van der Waals surface area contributed by atoms with Gasteiger partial charge in [0.25, 0.3) is 5.91 Å². The van der Waals surface area contributed by atoms with Crippen molar-refractivity contribution in [2.45, 2.75) is 26.9 Å². The molecule has 4 rings (SSSR count). The van der Waals surface area contributed by atoms with Crippen molar-refractivity contribution in [3.05, 3.63) is 58.7 Å². The average molecular weight is 533 g/mol. The topological polar surface area (TPSA) is 96.6 Å². The zero-order valence-corrected chi connectivity index (χ0v) is 21.0. The molecule has 2 aromatic rings. The molecule has 0 unspecified atom stereocenters. The van der Waals surface area contributed by atoms with Gasteiger partial charge >= 0.3 is 6.18 Å². The molecule has 0 aliphatic carbocycles. The van der Waals surface area contributed by atoms with Gasteiger partial charge in [0.1, 0.15) is 19.0 Å². The number of hydrazone groups is 1. The first-order chi connectivity index (χ1) is 17.6. The summed E-state index contributed by atoms with van der Waals surface area (Å²) in [6.07, 6.45) is -3.35. The molecule has 2 heterocycles. The minimum Gasteiger partial charge on any atom is -0.490 e.